The maximum Gasteiger partial charge on any atom is 0.417 e. The molecule has 0 bridgehead atoms. The standard InChI is InChI=1S/C18H13Cl2F3O.C2H5NO/c1-2-11-3-5-12(6-4-11)17(24)10-16(18(21,22)23)13-7-14(19)9-15(20)8-13;1-2(3)4/h3-10H,2H2,1H3;1H3,(H2,3,4)/b16-10-;. The predicted octanol–water partition coefficient (Wildman–Crippen LogP) is 5.88. The smallest absolute Gasteiger partial charge is 0.370 e. The van der Waals surface area contributed by atoms with Gasteiger partial charge >= 0.3 is 6.18 Å². The average Bonchev–Trinajstić information content (AvgIpc) is 2.57. The molecule has 28 heavy (non-hydrogen) atoms. The first-order chi connectivity index (χ1) is 12.9. The molecule has 1 amide bonds. The SMILES string of the molecule is CC(N)=O.CCc1ccc(C(=O)/C=C(/c2cc(Cl)cc(Cl)c2)C(F)(F)F)cc1. The number of carbonyl (C=O) groups excluding carboxylic acids is 2. The minimum absolute atomic E-state index is 0.0624. The van der Waals surface area contributed by atoms with Crippen LogP contribution in [0.4, 0.5) is 13.2 Å². The molecule has 0 spiro atoms. The maximum absolute atomic E-state index is 13.4. The molecule has 0 aromatic heterocycles. The molecular formula is C20H18Cl2F3NO2. The van der Waals surface area contributed by atoms with Crippen LogP contribution in [-0.4, -0.2) is 17.9 Å². The predicted molar refractivity (Wildman–Crippen MR) is 106 cm³/mol. The summed E-state index contributed by atoms with van der Waals surface area (Å²) in [6.07, 6.45) is -3.37. The fourth-order valence-corrected chi connectivity index (χ4v) is 2.68. The highest BCUT2D eigenvalue weighted by Gasteiger charge is 2.35. The first kappa shape index (κ1) is 23.7. The number of amides is 1. The van der Waals surface area contributed by atoms with Crippen LogP contribution in [0.1, 0.15) is 35.3 Å². The minimum atomic E-state index is -4.72. The van der Waals surface area contributed by atoms with Crippen molar-refractivity contribution in [3.05, 3.63) is 75.3 Å². The van der Waals surface area contributed by atoms with Crippen molar-refractivity contribution in [1.82, 2.24) is 0 Å². The monoisotopic (exact) mass is 431 g/mol. The van der Waals surface area contributed by atoms with Crippen molar-refractivity contribution in [3.8, 4) is 0 Å². The molecule has 2 N–H and O–H groups in total. The first-order valence-electron chi connectivity index (χ1n) is 8.08. The van der Waals surface area contributed by atoms with Gasteiger partial charge < -0.3 is 5.73 Å². The van der Waals surface area contributed by atoms with E-state index in [9.17, 15) is 22.8 Å². The number of benzene rings is 2. The van der Waals surface area contributed by atoms with Gasteiger partial charge in [0.2, 0.25) is 5.91 Å². The van der Waals surface area contributed by atoms with E-state index >= 15 is 0 Å². The molecule has 0 unspecified atom stereocenters. The Hall–Kier alpha value is -2.31. The van der Waals surface area contributed by atoms with Crippen LogP contribution in [0.5, 0.6) is 0 Å². The van der Waals surface area contributed by atoms with E-state index in [4.69, 9.17) is 23.2 Å². The van der Waals surface area contributed by atoms with E-state index in [0.29, 0.717) is 6.08 Å². The molecule has 0 aliphatic rings. The van der Waals surface area contributed by atoms with Crippen LogP contribution >= 0.6 is 23.2 Å². The van der Waals surface area contributed by atoms with Gasteiger partial charge in [0.1, 0.15) is 0 Å². The van der Waals surface area contributed by atoms with Gasteiger partial charge in [0.05, 0.1) is 5.57 Å². The Kier molecular flexibility index (Phi) is 8.72. The topological polar surface area (TPSA) is 60.2 Å². The van der Waals surface area contributed by atoms with Gasteiger partial charge in [-0.05, 0) is 41.8 Å². The zero-order valence-electron chi connectivity index (χ0n) is 15.1. The number of halogens is 5. The van der Waals surface area contributed by atoms with E-state index in [-0.39, 0.29) is 27.1 Å². The molecule has 0 radical (unpaired) electrons. The molecule has 0 aliphatic heterocycles. The fourth-order valence-electron chi connectivity index (χ4n) is 2.16. The quantitative estimate of drug-likeness (QED) is 0.485. The molecule has 2 aromatic rings. The van der Waals surface area contributed by atoms with Crippen LogP contribution < -0.4 is 5.73 Å². The molecule has 0 saturated carbocycles. The van der Waals surface area contributed by atoms with Crippen molar-refractivity contribution < 1.29 is 22.8 Å². The molecule has 150 valence electrons. The first-order valence-corrected chi connectivity index (χ1v) is 8.84. The van der Waals surface area contributed by atoms with Crippen molar-refractivity contribution >= 4 is 40.5 Å². The third-order valence-corrected chi connectivity index (χ3v) is 3.84. The lowest BCUT2D eigenvalue weighted by molar-refractivity contribution is -0.115. The highest BCUT2D eigenvalue weighted by atomic mass is 35.5. The molecule has 2 rings (SSSR count). The van der Waals surface area contributed by atoms with Gasteiger partial charge in [0.25, 0.3) is 0 Å². The lowest BCUT2D eigenvalue weighted by Crippen LogP contribution is -2.13. The fraction of sp³-hybridized carbons (Fsp3) is 0.200. The second-order valence-electron chi connectivity index (χ2n) is 5.74. The number of hydrogen-bond acceptors (Lipinski definition) is 2. The molecule has 0 aliphatic carbocycles. The summed E-state index contributed by atoms with van der Waals surface area (Å²) >= 11 is 11.5. The van der Waals surface area contributed by atoms with Gasteiger partial charge in [0, 0.05) is 22.5 Å². The maximum atomic E-state index is 13.4. The number of allylic oxidation sites excluding steroid dienone is 2. The summed E-state index contributed by atoms with van der Waals surface area (Å²) in [6, 6.07) is 10.0. The zero-order valence-corrected chi connectivity index (χ0v) is 16.6. The lowest BCUT2D eigenvalue weighted by Gasteiger charge is -2.13. The molecule has 0 fully saturated rings. The van der Waals surface area contributed by atoms with Crippen LogP contribution in [-0.2, 0) is 11.2 Å². The number of rotatable bonds is 4. The second kappa shape index (κ2) is 10.3. The Bertz CT molecular complexity index is 852. The Morgan fingerprint density at radius 2 is 1.46 bits per heavy atom. The zero-order chi connectivity index (χ0) is 21.5. The Morgan fingerprint density at radius 3 is 1.86 bits per heavy atom. The lowest BCUT2D eigenvalue weighted by atomic mass is 10.0. The highest BCUT2D eigenvalue weighted by Crippen LogP contribution is 2.36. The molecular weight excluding hydrogens is 414 g/mol. The van der Waals surface area contributed by atoms with Crippen LogP contribution in [0.15, 0.2) is 48.5 Å². The summed E-state index contributed by atoms with van der Waals surface area (Å²) in [4.78, 5) is 21.4. The number of nitrogens with two attached hydrogens (primary N) is 1. The van der Waals surface area contributed by atoms with Gasteiger partial charge in [-0.1, -0.05) is 54.4 Å². The van der Waals surface area contributed by atoms with Crippen molar-refractivity contribution in [2.45, 2.75) is 26.4 Å². The molecule has 0 atom stereocenters. The summed E-state index contributed by atoms with van der Waals surface area (Å²) in [5, 5.41) is 0.125. The van der Waals surface area contributed by atoms with E-state index < -0.39 is 17.5 Å². The number of primary amides is 1. The van der Waals surface area contributed by atoms with E-state index in [1.165, 1.54) is 25.1 Å². The van der Waals surface area contributed by atoms with Crippen LogP contribution in [0.2, 0.25) is 10.0 Å². The summed E-state index contributed by atoms with van der Waals surface area (Å²) in [5.74, 6) is -1.07. The number of ketones is 1. The molecule has 3 nitrogen and oxygen atoms in total. The number of hydrogen-bond donors (Lipinski definition) is 1. The van der Waals surface area contributed by atoms with Crippen LogP contribution in [0.25, 0.3) is 5.57 Å². The summed E-state index contributed by atoms with van der Waals surface area (Å²) in [7, 11) is 0. The molecule has 0 heterocycles. The molecule has 2 aromatic carbocycles. The van der Waals surface area contributed by atoms with Gasteiger partial charge in [-0.15, -0.1) is 0 Å². The van der Waals surface area contributed by atoms with E-state index in [1.807, 2.05) is 6.92 Å². The average molecular weight is 432 g/mol. The van der Waals surface area contributed by atoms with Gasteiger partial charge in [-0.2, -0.15) is 13.2 Å². The van der Waals surface area contributed by atoms with E-state index in [0.717, 1.165) is 24.1 Å². The highest BCUT2D eigenvalue weighted by molar-refractivity contribution is 6.35. The van der Waals surface area contributed by atoms with Crippen molar-refractivity contribution in [2.75, 3.05) is 0 Å². The van der Waals surface area contributed by atoms with Gasteiger partial charge in [-0.25, -0.2) is 0 Å². The van der Waals surface area contributed by atoms with Gasteiger partial charge in [0.15, 0.2) is 5.78 Å². The number of aryl methyl sites for hydroxylation is 1. The molecule has 0 saturated heterocycles. The van der Waals surface area contributed by atoms with Crippen molar-refractivity contribution in [3.63, 3.8) is 0 Å². The Labute approximate surface area is 170 Å². The third-order valence-electron chi connectivity index (χ3n) is 3.40. The van der Waals surface area contributed by atoms with Crippen molar-refractivity contribution in [1.29, 1.82) is 0 Å². The normalized spacial score (nSPS) is 11.5. The second-order valence-corrected chi connectivity index (χ2v) is 6.61. The summed E-state index contributed by atoms with van der Waals surface area (Å²) < 4.78 is 40.1. The van der Waals surface area contributed by atoms with Crippen LogP contribution in [0, 0.1) is 0 Å². The van der Waals surface area contributed by atoms with Crippen LogP contribution in [0.3, 0.4) is 0 Å². The number of carbonyl (C=O) groups is 2. The largest absolute Gasteiger partial charge is 0.417 e. The summed E-state index contributed by atoms with van der Waals surface area (Å²) in [5.41, 5.74) is 4.31. The Morgan fingerprint density at radius 1 is 1.00 bits per heavy atom. The van der Waals surface area contributed by atoms with Gasteiger partial charge in [-0.3, -0.25) is 9.59 Å². The van der Waals surface area contributed by atoms with Crippen molar-refractivity contribution in [2.24, 2.45) is 5.73 Å². The summed E-state index contributed by atoms with van der Waals surface area (Å²) in [6.45, 7) is 3.25. The molecule has 8 heteroatoms. The Balaban J connectivity index is 0.000000892. The van der Waals surface area contributed by atoms with E-state index in [1.54, 1.807) is 12.1 Å². The van der Waals surface area contributed by atoms with E-state index in [2.05, 4.69) is 5.73 Å². The third kappa shape index (κ3) is 7.74. The number of alkyl halides is 3. The minimum Gasteiger partial charge on any atom is -0.370 e.